The Kier molecular flexibility index (Phi) is 4.01. The van der Waals surface area contributed by atoms with Gasteiger partial charge in [0.1, 0.15) is 5.75 Å². The van der Waals surface area contributed by atoms with E-state index in [0.29, 0.717) is 6.61 Å². The van der Waals surface area contributed by atoms with E-state index in [1.807, 2.05) is 0 Å². The van der Waals surface area contributed by atoms with Gasteiger partial charge in [0.05, 0.1) is 19.6 Å². The molecule has 2 N–H and O–H groups in total. The van der Waals surface area contributed by atoms with Crippen LogP contribution in [0.1, 0.15) is 5.56 Å². The first kappa shape index (κ1) is 13.4. The number of ether oxygens (including phenoxy) is 1. The van der Waals surface area contributed by atoms with Crippen molar-refractivity contribution in [3.05, 3.63) is 29.8 Å². The molecule has 1 aliphatic heterocycles. The molecule has 19 heavy (non-hydrogen) atoms. The topological polar surface area (TPSA) is 87.1 Å². The second-order valence-corrected chi connectivity index (χ2v) is 4.36. The van der Waals surface area contributed by atoms with Crippen LogP contribution in [0.5, 0.6) is 5.75 Å². The summed E-state index contributed by atoms with van der Waals surface area (Å²) in [6.07, 6.45) is 0.115. The molecule has 1 unspecified atom stereocenters. The number of carbonyl (C=O) groups excluding carboxylic acids is 1. The molecule has 1 aromatic carbocycles. The zero-order valence-corrected chi connectivity index (χ0v) is 10.3. The summed E-state index contributed by atoms with van der Waals surface area (Å²) in [5.74, 6) is -1.17. The number of hydrogen-bond acceptors (Lipinski definition) is 4. The van der Waals surface area contributed by atoms with E-state index in [0.717, 1.165) is 5.56 Å². The van der Waals surface area contributed by atoms with Crippen LogP contribution in [0.15, 0.2) is 24.3 Å². The lowest BCUT2D eigenvalue weighted by Gasteiger charge is -2.32. The van der Waals surface area contributed by atoms with E-state index in [2.05, 4.69) is 0 Å². The maximum atomic E-state index is 12.1. The third-order valence-corrected chi connectivity index (χ3v) is 3.03. The quantitative estimate of drug-likeness (QED) is 0.818. The summed E-state index contributed by atoms with van der Waals surface area (Å²) in [6.45, 7) is 0.662. The fraction of sp³-hybridized carbons (Fsp3) is 0.385. The van der Waals surface area contributed by atoms with E-state index in [1.54, 1.807) is 12.1 Å². The Morgan fingerprint density at radius 1 is 1.32 bits per heavy atom. The van der Waals surface area contributed by atoms with Crippen molar-refractivity contribution in [3.8, 4) is 5.75 Å². The predicted octanol–water partition coefficient (Wildman–Crippen LogP) is 0.247. The van der Waals surface area contributed by atoms with Gasteiger partial charge < -0.3 is 19.8 Å². The van der Waals surface area contributed by atoms with Crippen LogP contribution in [0.3, 0.4) is 0 Å². The molecule has 0 saturated carbocycles. The lowest BCUT2D eigenvalue weighted by Crippen LogP contribution is -2.53. The van der Waals surface area contributed by atoms with E-state index in [4.69, 9.17) is 14.9 Å². The lowest BCUT2D eigenvalue weighted by molar-refractivity contribution is -0.158. The number of aliphatic carboxylic acids is 1. The van der Waals surface area contributed by atoms with Gasteiger partial charge in [-0.15, -0.1) is 0 Å². The minimum Gasteiger partial charge on any atom is -0.508 e. The van der Waals surface area contributed by atoms with Crippen LogP contribution in [0.25, 0.3) is 0 Å². The van der Waals surface area contributed by atoms with Crippen LogP contribution in [0.2, 0.25) is 0 Å². The number of hydrogen-bond donors (Lipinski definition) is 2. The minimum absolute atomic E-state index is 0.0245. The highest BCUT2D eigenvalue weighted by atomic mass is 16.5. The van der Waals surface area contributed by atoms with Gasteiger partial charge in [-0.05, 0) is 17.7 Å². The van der Waals surface area contributed by atoms with Gasteiger partial charge in [-0.1, -0.05) is 12.1 Å². The average molecular weight is 265 g/mol. The number of aromatic hydroxyl groups is 1. The Labute approximate surface area is 110 Å². The molecule has 0 bridgehead atoms. The fourth-order valence-electron chi connectivity index (χ4n) is 2.00. The Hall–Kier alpha value is -2.08. The Morgan fingerprint density at radius 2 is 2.00 bits per heavy atom. The molecule has 0 spiro atoms. The largest absolute Gasteiger partial charge is 0.508 e. The fourth-order valence-corrected chi connectivity index (χ4v) is 2.00. The second-order valence-electron chi connectivity index (χ2n) is 4.36. The number of amides is 1. The number of rotatable bonds is 3. The van der Waals surface area contributed by atoms with E-state index in [-0.39, 0.29) is 31.2 Å². The number of morpholine rings is 1. The molecule has 0 radical (unpaired) electrons. The highest BCUT2D eigenvalue weighted by molar-refractivity contribution is 5.85. The van der Waals surface area contributed by atoms with Crippen molar-refractivity contribution in [2.24, 2.45) is 0 Å². The number of benzene rings is 1. The first-order valence-electron chi connectivity index (χ1n) is 5.96. The van der Waals surface area contributed by atoms with Gasteiger partial charge in [-0.25, -0.2) is 4.79 Å². The van der Waals surface area contributed by atoms with Gasteiger partial charge in [0.25, 0.3) is 0 Å². The zero-order chi connectivity index (χ0) is 13.8. The van der Waals surface area contributed by atoms with Crippen LogP contribution in [0.4, 0.5) is 0 Å². The molecule has 0 aromatic heterocycles. The predicted molar refractivity (Wildman–Crippen MR) is 65.8 cm³/mol. The van der Waals surface area contributed by atoms with Crippen molar-refractivity contribution < 1.29 is 24.5 Å². The van der Waals surface area contributed by atoms with Crippen molar-refractivity contribution in [1.29, 1.82) is 0 Å². The highest BCUT2D eigenvalue weighted by Crippen LogP contribution is 2.13. The zero-order valence-electron chi connectivity index (χ0n) is 10.3. The number of phenolic OH excluding ortho intramolecular Hbond substituents is 1. The molecule has 0 aliphatic carbocycles. The van der Waals surface area contributed by atoms with Gasteiger partial charge in [0.15, 0.2) is 6.04 Å². The lowest BCUT2D eigenvalue weighted by atomic mass is 10.1. The van der Waals surface area contributed by atoms with E-state index in [9.17, 15) is 9.59 Å². The van der Waals surface area contributed by atoms with Crippen molar-refractivity contribution in [2.75, 3.05) is 19.8 Å². The average Bonchev–Trinajstić information content (AvgIpc) is 2.41. The van der Waals surface area contributed by atoms with Crippen LogP contribution < -0.4 is 0 Å². The molecule has 2 rings (SSSR count). The molecule has 6 heteroatoms. The third kappa shape index (κ3) is 3.23. The molecular weight excluding hydrogens is 250 g/mol. The Bertz CT molecular complexity index is 470. The molecule has 6 nitrogen and oxygen atoms in total. The van der Waals surface area contributed by atoms with Crippen molar-refractivity contribution in [2.45, 2.75) is 12.5 Å². The first-order valence-corrected chi connectivity index (χ1v) is 5.96. The number of nitrogens with zero attached hydrogens (tertiary/aromatic N) is 1. The molecule has 1 amide bonds. The van der Waals surface area contributed by atoms with Crippen LogP contribution in [0, 0.1) is 0 Å². The summed E-state index contributed by atoms with van der Waals surface area (Å²) in [5.41, 5.74) is 0.735. The molecular formula is C13H15NO5. The van der Waals surface area contributed by atoms with Crippen molar-refractivity contribution in [1.82, 2.24) is 4.90 Å². The SMILES string of the molecule is O=C(O)C1COCCN1C(=O)Cc1ccc(O)cc1. The normalized spacial score (nSPS) is 19.2. The number of phenols is 1. The third-order valence-electron chi connectivity index (χ3n) is 3.03. The van der Waals surface area contributed by atoms with Crippen molar-refractivity contribution >= 4 is 11.9 Å². The summed E-state index contributed by atoms with van der Waals surface area (Å²) in [5, 5.41) is 18.2. The van der Waals surface area contributed by atoms with Gasteiger partial charge in [0.2, 0.25) is 5.91 Å². The van der Waals surface area contributed by atoms with Crippen molar-refractivity contribution in [3.63, 3.8) is 0 Å². The summed E-state index contributed by atoms with van der Waals surface area (Å²) in [6, 6.07) is 5.36. The molecule has 1 aliphatic rings. The number of carbonyl (C=O) groups is 2. The highest BCUT2D eigenvalue weighted by Gasteiger charge is 2.32. The number of carboxylic acid groups (broad SMARTS) is 1. The standard InChI is InChI=1S/C13H15NO5/c15-10-3-1-9(2-4-10)7-12(16)14-5-6-19-8-11(14)13(17)18/h1-4,11,15H,5-8H2,(H,17,18). The van der Waals surface area contributed by atoms with Gasteiger partial charge >= 0.3 is 5.97 Å². The van der Waals surface area contributed by atoms with E-state index in [1.165, 1.54) is 17.0 Å². The molecule has 1 fully saturated rings. The molecule has 1 aromatic rings. The minimum atomic E-state index is -1.06. The number of carboxylic acids is 1. The van der Waals surface area contributed by atoms with Gasteiger partial charge in [-0.3, -0.25) is 4.79 Å². The monoisotopic (exact) mass is 265 g/mol. The van der Waals surface area contributed by atoms with Crippen LogP contribution >= 0.6 is 0 Å². The Balaban J connectivity index is 2.05. The molecule has 102 valence electrons. The van der Waals surface area contributed by atoms with E-state index >= 15 is 0 Å². The maximum Gasteiger partial charge on any atom is 0.328 e. The summed E-state index contributed by atoms with van der Waals surface area (Å²) < 4.78 is 5.08. The molecule has 1 atom stereocenters. The van der Waals surface area contributed by atoms with Gasteiger partial charge in [-0.2, -0.15) is 0 Å². The smallest absolute Gasteiger partial charge is 0.328 e. The molecule has 1 saturated heterocycles. The Morgan fingerprint density at radius 3 is 2.63 bits per heavy atom. The van der Waals surface area contributed by atoms with Crippen LogP contribution in [-0.2, 0) is 20.7 Å². The van der Waals surface area contributed by atoms with E-state index < -0.39 is 12.0 Å². The summed E-state index contributed by atoms with van der Waals surface area (Å²) in [4.78, 5) is 24.5. The van der Waals surface area contributed by atoms with Crippen LogP contribution in [-0.4, -0.2) is 52.8 Å². The second kappa shape index (κ2) is 5.71. The summed E-state index contributed by atoms with van der Waals surface area (Å²) >= 11 is 0. The van der Waals surface area contributed by atoms with Gasteiger partial charge in [0, 0.05) is 6.54 Å². The summed E-state index contributed by atoms with van der Waals surface area (Å²) in [7, 11) is 0. The molecule has 1 heterocycles. The first-order chi connectivity index (χ1) is 9.08. The maximum absolute atomic E-state index is 12.1.